The first-order chi connectivity index (χ1) is 8.57. The second-order valence-electron chi connectivity index (χ2n) is 5.70. The van der Waals surface area contributed by atoms with Crippen molar-refractivity contribution in [3.05, 3.63) is 0 Å². The van der Waals surface area contributed by atoms with Crippen molar-refractivity contribution in [3.8, 4) is 0 Å². The Morgan fingerprint density at radius 1 is 1.50 bits per heavy atom. The number of nitrogens with one attached hydrogen (secondary N) is 1. The summed E-state index contributed by atoms with van der Waals surface area (Å²) in [7, 11) is 0. The van der Waals surface area contributed by atoms with Gasteiger partial charge in [-0.05, 0) is 44.3 Å². The number of carbonyl (C=O) groups is 1. The van der Waals surface area contributed by atoms with Crippen LogP contribution in [0.4, 0.5) is 0 Å². The average Bonchev–Trinajstić information content (AvgIpc) is 2.39. The molecule has 18 heavy (non-hydrogen) atoms. The third-order valence-electron chi connectivity index (χ3n) is 4.30. The monoisotopic (exact) mass is 272 g/mol. The summed E-state index contributed by atoms with van der Waals surface area (Å²) in [5, 5.41) is 3.20. The molecule has 1 atom stereocenters. The predicted octanol–water partition coefficient (Wildman–Crippen LogP) is 2.40. The number of amides is 1. The van der Waals surface area contributed by atoms with Gasteiger partial charge in [-0.2, -0.15) is 11.8 Å². The molecule has 1 fully saturated rings. The summed E-state index contributed by atoms with van der Waals surface area (Å²) in [6.45, 7) is 4.88. The Balaban J connectivity index is 2.61. The van der Waals surface area contributed by atoms with E-state index in [-0.39, 0.29) is 17.4 Å². The van der Waals surface area contributed by atoms with Gasteiger partial charge < -0.3 is 11.1 Å². The first-order valence-corrected chi connectivity index (χ1v) is 8.47. The minimum absolute atomic E-state index is 0.192. The fraction of sp³-hybridized carbons (Fsp3) is 0.929. The van der Waals surface area contributed by atoms with Crippen molar-refractivity contribution in [3.63, 3.8) is 0 Å². The third kappa shape index (κ3) is 3.89. The van der Waals surface area contributed by atoms with Gasteiger partial charge in [-0.25, -0.2) is 0 Å². The Morgan fingerprint density at radius 2 is 2.11 bits per heavy atom. The molecule has 1 saturated carbocycles. The molecular weight excluding hydrogens is 244 g/mol. The largest absolute Gasteiger partial charge is 0.352 e. The summed E-state index contributed by atoms with van der Waals surface area (Å²) in [5.41, 5.74) is 5.62. The molecule has 0 aromatic rings. The summed E-state index contributed by atoms with van der Waals surface area (Å²) >= 11 is 1.78. The molecule has 0 spiro atoms. The maximum Gasteiger partial charge on any atom is 0.227 e. The maximum absolute atomic E-state index is 12.5. The van der Waals surface area contributed by atoms with Gasteiger partial charge in [0.1, 0.15) is 0 Å². The van der Waals surface area contributed by atoms with E-state index >= 15 is 0 Å². The summed E-state index contributed by atoms with van der Waals surface area (Å²) in [6.07, 6.45) is 7.23. The molecule has 0 aromatic carbocycles. The van der Waals surface area contributed by atoms with Gasteiger partial charge in [0.2, 0.25) is 5.91 Å². The van der Waals surface area contributed by atoms with Crippen LogP contribution in [0.1, 0.15) is 46.0 Å². The van der Waals surface area contributed by atoms with Crippen molar-refractivity contribution in [2.45, 2.75) is 52.0 Å². The second kappa shape index (κ2) is 7.39. The molecule has 1 aliphatic carbocycles. The van der Waals surface area contributed by atoms with Gasteiger partial charge in [0.15, 0.2) is 0 Å². The highest BCUT2D eigenvalue weighted by Gasteiger charge is 2.40. The lowest BCUT2D eigenvalue weighted by Crippen LogP contribution is -2.51. The van der Waals surface area contributed by atoms with Crippen LogP contribution in [0, 0.1) is 11.3 Å². The van der Waals surface area contributed by atoms with E-state index in [4.69, 9.17) is 5.73 Å². The predicted molar refractivity (Wildman–Crippen MR) is 79.7 cm³/mol. The lowest BCUT2D eigenvalue weighted by molar-refractivity contribution is -0.133. The Bertz CT molecular complexity index is 263. The Hall–Kier alpha value is -0.220. The average molecular weight is 272 g/mol. The molecule has 0 radical (unpaired) electrons. The molecule has 1 rings (SSSR count). The first kappa shape index (κ1) is 15.8. The number of thioether (sulfide) groups is 1. The SMILES string of the molecule is CCC(CSC)NC(=O)C1(CN)CCC(C)CC1. The van der Waals surface area contributed by atoms with Crippen molar-refractivity contribution in [2.75, 3.05) is 18.6 Å². The number of hydrogen-bond acceptors (Lipinski definition) is 3. The van der Waals surface area contributed by atoms with Crippen molar-refractivity contribution in [1.82, 2.24) is 5.32 Å². The zero-order valence-electron chi connectivity index (χ0n) is 12.0. The molecule has 0 bridgehead atoms. The smallest absolute Gasteiger partial charge is 0.227 e. The second-order valence-corrected chi connectivity index (χ2v) is 6.61. The van der Waals surface area contributed by atoms with Gasteiger partial charge in [0, 0.05) is 18.3 Å². The fourth-order valence-corrected chi connectivity index (χ4v) is 3.36. The lowest BCUT2D eigenvalue weighted by Gasteiger charge is -2.38. The number of nitrogens with two attached hydrogens (primary N) is 1. The van der Waals surface area contributed by atoms with E-state index in [9.17, 15) is 4.79 Å². The van der Waals surface area contributed by atoms with Gasteiger partial charge in [0.25, 0.3) is 0 Å². The summed E-state index contributed by atoms with van der Waals surface area (Å²) in [6, 6.07) is 0.287. The first-order valence-electron chi connectivity index (χ1n) is 7.08. The van der Waals surface area contributed by atoms with E-state index in [0.717, 1.165) is 43.8 Å². The Morgan fingerprint density at radius 3 is 2.56 bits per heavy atom. The van der Waals surface area contributed by atoms with Gasteiger partial charge in [0.05, 0.1) is 5.41 Å². The molecule has 0 heterocycles. The molecule has 1 aliphatic rings. The zero-order chi connectivity index (χ0) is 13.6. The normalized spacial score (nSPS) is 29.9. The van der Waals surface area contributed by atoms with Crippen LogP contribution in [0.2, 0.25) is 0 Å². The van der Waals surface area contributed by atoms with E-state index in [0.29, 0.717) is 6.54 Å². The van der Waals surface area contributed by atoms with Crippen molar-refractivity contribution in [2.24, 2.45) is 17.1 Å². The van der Waals surface area contributed by atoms with E-state index < -0.39 is 0 Å². The highest BCUT2D eigenvalue weighted by Crippen LogP contribution is 2.38. The van der Waals surface area contributed by atoms with Gasteiger partial charge in [-0.1, -0.05) is 13.8 Å². The van der Waals surface area contributed by atoms with E-state index in [1.807, 2.05) is 0 Å². The molecule has 0 aromatic heterocycles. The quantitative estimate of drug-likeness (QED) is 0.780. The van der Waals surface area contributed by atoms with E-state index in [1.54, 1.807) is 11.8 Å². The molecular formula is C14H28N2OS. The van der Waals surface area contributed by atoms with Crippen molar-refractivity contribution in [1.29, 1.82) is 0 Å². The molecule has 106 valence electrons. The van der Waals surface area contributed by atoms with Crippen LogP contribution in [0.25, 0.3) is 0 Å². The van der Waals surface area contributed by atoms with Crippen LogP contribution in [0.3, 0.4) is 0 Å². The topological polar surface area (TPSA) is 55.1 Å². The molecule has 1 unspecified atom stereocenters. The summed E-state index contributed by atoms with van der Waals surface area (Å²) in [5.74, 6) is 1.92. The van der Waals surface area contributed by atoms with Gasteiger partial charge >= 0.3 is 0 Å². The van der Waals surface area contributed by atoms with Crippen LogP contribution in [0.5, 0.6) is 0 Å². The van der Waals surface area contributed by atoms with Crippen LogP contribution < -0.4 is 11.1 Å². The summed E-state index contributed by atoms with van der Waals surface area (Å²) < 4.78 is 0. The number of hydrogen-bond donors (Lipinski definition) is 2. The minimum atomic E-state index is -0.293. The molecule has 4 heteroatoms. The fourth-order valence-electron chi connectivity index (χ4n) is 2.64. The van der Waals surface area contributed by atoms with Crippen LogP contribution in [-0.2, 0) is 4.79 Å². The lowest BCUT2D eigenvalue weighted by atomic mass is 9.70. The van der Waals surface area contributed by atoms with Crippen LogP contribution in [0.15, 0.2) is 0 Å². The maximum atomic E-state index is 12.5. The summed E-state index contributed by atoms with van der Waals surface area (Å²) in [4.78, 5) is 12.5. The number of rotatable bonds is 6. The molecule has 3 nitrogen and oxygen atoms in total. The van der Waals surface area contributed by atoms with E-state index in [2.05, 4.69) is 25.4 Å². The minimum Gasteiger partial charge on any atom is -0.352 e. The third-order valence-corrected chi connectivity index (χ3v) is 5.04. The Kier molecular flexibility index (Phi) is 6.50. The highest BCUT2D eigenvalue weighted by molar-refractivity contribution is 7.98. The zero-order valence-corrected chi connectivity index (χ0v) is 12.8. The Labute approximate surface area is 116 Å². The van der Waals surface area contributed by atoms with Gasteiger partial charge in [-0.15, -0.1) is 0 Å². The van der Waals surface area contributed by atoms with Crippen molar-refractivity contribution >= 4 is 17.7 Å². The standard InChI is InChI=1S/C14H28N2OS/c1-4-12(9-18-3)16-13(17)14(10-15)7-5-11(2)6-8-14/h11-12H,4-10,15H2,1-3H3,(H,16,17). The molecule has 3 N–H and O–H groups in total. The van der Waals surface area contributed by atoms with Crippen molar-refractivity contribution < 1.29 is 4.79 Å². The van der Waals surface area contributed by atoms with Crippen LogP contribution in [-0.4, -0.2) is 30.5 Å². The molecule has 0 saturated heterocycles. The van der Waals surface area contributed by atoms with E-state index in [1.165, 1.54) is 0 Å². The van der Waals surface area contributed by atoms with Gasteiger partial charge in [-0.3, -0.25) is 4.79 Å². The molecule has 1 amide bonds. The highest BCUT2D eigenvalue weighted by atomic mass is 32.2. The molecule has 0 aliphatic heterocycles. The number of carbonyl (C=O) groups excluding carboxylic acids is 1. The van der Waals surface area contributed by atoms with Crippen LogP contribution >= 0.6 is 11.8 Å².